The monoisotopic (exact) mass is 502 g/mol. The van der Waals surface area contributed by atoms with Crippen LogP contribution in [-0.2, 0) is 4.74 Å². The summed E-state index contributed by atoms with van der Waals surface area (Å²) in [6.07, 6.45) is 0. The third-order valence-corrected chi connectivity index (χ3v) is 5.93. The molecule has 2 heterocycles. The highest BCUT2D eigenvalue weighted by Crippen LogP contribution is 2.33. The lowest BCUT2D eigenvalue weighted by Gasteiger charge is -2.03. The predicted octanol–water partition coefficient (Wildman–Crippen LogP) is 0.996. The fourth-order valence-corrected chi connectivity index (χ4v) is 4.44. The van der Waals surface area contributed by atoms with Crippen molar-refractivity contribution in [3.63, 3.8) is 0 Å². The molecule has 17 heteroatoms. The number of rotatable bonds is 8. The average Bonchev–Trinajstić information content (AvgIpc) is 3.28. The Kier molecular flexibility index (Phi) is 6.60. The van der Waals surface area contributed by atoms with E-state index in [-0.39, 0.29) is 22.7 Å². The van der Waals surface area contributed by atoms with Crippen LogP contribution in [0.4, 0.5) is 0 Å². The maximum absolute atomic E-state index is 12.3. The third-order valence-electron chi connectivity index (χ3n) is 3.62. The number of carbonyl (C=O) groups is 8. The maximum Gasteiger partial charge on any atom is 0.357 e. The van der Waals surface area contributed by atoms with Gasteiger partial charge in [-0.05, 0) is 0 Å². The number of esters is 2. The second-order valence-electron chi connectivity index (χ2n) is 5.53. The molecule has 0 aliphatic rings. The van der Waals surface area contributed by atoms with E-state index in [9.17, 15) is 48.6 Å². The minimum Gasteiger partial charge on any atom is -0.478 e. The molecular formula is C16H6O15S2. The van der Waals surface area contributed by atoms with Crippen molar-refractivity contribution in [3.8, 4) is 0 Å². The van der Waals surface area contributed by atoms with Crippen LogP contribution in [0.2, 0.25) is 0 Å². The van der Waals surface area contributed by atoms with Gasteiger partial charge in [-0.15, -0.1) is 22.7 Å². The van der Waals surface area contributed by atoms with Crippen LogP contribution in [0.15, 0.2) is 0 Å². The largest absolute Gasteiger partial charge is 0.478 e. The minimum atomic E-state index is -2.07. The van der Waals surface area contributed by atoms with Crippen LogP contribution < -0.4 is 0 Å². The normalized spacial score (nSPS) is 10.3. The Morgan fingerprint density at radius 2 is 0.667 bits per heavy atom. The van der Waals surface area contributed by atoms with Crippen LogP contribution in [0, 0.1) is 0 Å². The highest BCUT2D eigenvalue weighted by molar-refractivity contribution is 7.17. The van der Waals surface area contributed by atoms with E-state index in [4.69, 9.17) is 20.4 Å². The SMILES string of the molecule is O=C(O)c1sc(C(=O)OC(=O)c2sc(C(=O)O)c(C(=O)O)c2C(=O)O)c(C(=O)O)c1C(=O)O. The summed E-state index contributed by atoms with van der Waals surface area (Å²) in [5, 5.41) is 54.8. The Labute approximate surface area is 186 Å². The minimum absolute atomic E-state index is 0.164. The molecule has 15 nitrogen and oxygen atoms in total. The summed E-state index contributed by atoms with van der Waals surface area (Å²) in [5.41, 5.74) is -5.24. The van der Waals surface area contributed by atoms with Crippen LogP contribution in [0.3, 0.4) is 0 Å². The van der Waals surface area contributed by atoms with Crippen molar-refractivity contribution in [2.24, 2.45) is 0 Å². The molecule has 0 saturated heterocycles. The third kappa shape index (κ3) is 4.38. The number of carbonyl (C=O) groups excluding carboxylic acids is 2. The topological polar surface area (TPSA) is 267 Å². The van der Waals surface area contributed by atoms with Crippen molar-refractivity contribution in [1.29, 1.82) is 0 Å². The van der Waals surface area contributed by atoms with Crippen LogP contribution in [-0.4, -0.2) is 78.4 Å². The number of hydrogen-bond donors (Lipinski definition) is 6. The lowest BCUT2D eigenvalue weighted by Crippen LogP contribution is -2.18. The summed E-state index contributed by atoms with van der Waals surface area (Å²) in [7, 11) is 0. The van der Waals surface area contributed by atoms with Crippen LogP contribution in [0.1, 0.15) is 80.1 Å². The van der Waals surface area contributed by atoms with Crippen molar-refractivity contribution < 1.29 is 73.7 Å². The number of hydrogen-bond acceptors (Lipinski definition) is 11. The molecule has 0 bridgehead atoms. The van der Waals surface area contributed by atoms with Crippen LogP contribution in [0.5, 0.6) is 0 Å². The molecule has 33 heavy (non-hydrogen) atoms. The first-order valence-electron chi connectivity index (χ1n) is 7.70. The van der Waals surface area contributed by atoms with Gasteiger partial charge in [-0.1, -0.05) is 0 Å². The zero-order valence-electron chi connectivity index (χ0n) is 15.2. The molecule has 2 aromatic rings. The Balaban J connectivity index is 2.63. The number of aromatic carboxylic acids is 6. The highest BCUT2D eigenvalue weighted by atomic mass is 32.1. The van der Waals surface area contributed by atoms with E-state index in [1.54, 1.807) is 0 Å². The zero-order chi connectivity index (χ0) is 25.4. The van der Waals surface area contributed by atoms with Gasteiger partial charge in [-0.25, -0.2) is 38.4 Å². The quantitative estimate of drug-likeness (QED) is 0.217. The van der Waals surface area contributed by atoms with E-state index in [2.05, 4.69) is 4.74 Å². The molecule has 0 aliphatic heterocycles. The van der Waals surface area contributed by atoms with E-state index >= 15 is 0 Å². The highest BCUT2D eigenvalue weighted by Gasteiger charge is 2.38. The average molecular weight is 502 g/mol. The molecule has 0 amide bonds. The standard InChI is InChI=1S/C16H6O15S2/c17-9(18)1-3(11(21)22)7(32-5(1)13(25)26)15(29)31-16(30)8-4(12(23)24)2(10(19)20)6(33-8)14(27)28/h(H,17,18)(H,19,20)(H,21,22)(H,23,24)(H,25,26)(H,27,28). The molecule has 0 atom stereocenters. The fourth-order valence-electron chi connectivity index (χ4n) is 2.44. The van der Waals surface area contributed by atoms with Crippen molar-refractivity contribution in [2.45, 2.75) is 0 Å². The van der Waals surface area contributed by atoms with E-state index in [0.29, 0.717) is 0 Å². The second kappa shape index (κ2) is 8.85. The summed E-state index contributed by atoms with van der Waals surface area (Å²) in [6, 6.07) is 0. The first-order chi connectivity index (χ1) is 15.2. The Hall–Kier alpha value is -4.64. The molecule has 0 saturated carbocycles. The first kappa shape index (κ1) is 24.6. The van der Waals surface area contributed by atoms with Gasteiger partial charge < -0.3 is 35.4 Å². The van der Waals surface area contributed by atoms with Gasteiger partial charge in [0, 0.05) is 0 Å². The summed E-state index contributed by atoms with van der Waals surface area (Å²) < 4.78 is 4.30. The summed E-state index contributed by atoms with van der Waals surface area (Å²) in [4.78, 5) is 88.1. The predicted molar refractivity (Wildman–Crippen MR) is 100 cm³/mol. The van der Waals surface area contributed by atoms with Gasteiger partial charge in [0.15, 0.2) is 0 Å². The maximum atomic E-state index is 12.3. The summed E-state index contributed by atoms with van der Waals surface area (Å²) in [5.74, 6) is -15.9. The molecule has 0 fully saturated rings. The summed E-state index contributed by atoms with van der Waals surface area (Å²) in [6.45, 7) is 0. The van der Waals surface area contributed by atoms with Gasteiger partial charge in [-0.3, -0.25) is 0 Å². The smallest absolute Gasteiger partial charge is 0.357 e. The van der Waals surface area contributed by atoms with Crippen molar-refractivity contribution in [3.05, 3.63) is 41.8 Å². The van der Waals surface area contributed by atoms with Gasteiger partial charge in [-0.2, -0.15) is 0 Å². The number of carboxylic acid groups (broad SMARTS) is 6. The molecule has 0 spiro atoms. The molecule has 172 valence electrons. The lowest BCUT2D eigenvalue weighted by atomic mass is 10.1. The van der Waals surface area contributed by atoms with E-state index < -0.39 is 89.5 Å². The first-order valence-corrected chi connectivity index (χ1v) is 9.33. The van der Waals surface area contributed by atoms with Gasteiger partial charge >= 0.3 is 47.8 Å². The van der Waals surface area contributed by atoms with Gasteiger partial charge in [0.05, 0.1) is 0 Å². The van der Waals surface area contributed by atoms with Crippen molar-refractivity contribution >= 4 is 70.4 Å². The fraction of sp³-hybridized carbons (Fsp3) is 0. The molecule has 0 radical (unpaired) electrons. The summed E-state index contributed by atoms with van der Waals surface area (Å²) >= 11 is -0.329. The zero-order valence-corrected chi connectivity index (χ0v) is 16.8. The van der Waals surface area contributed by atoms with Crippen molar-refractivity contribution in [1.82, 2.24) is 0 Å². The number of carboxylic acids is 6. The van der Waals surface area contributed by atoms with Gasteiger partial charge in [0.1, 0.15) is 41.8 Å². The van der Waals surface area contributed by atoms with Crippen molar-refractivity contribution in [2.75, 3.05) is 0 Å². The molecule has 0 aliphatic carbocycles. The number of thiophene rings is 2. The molecule has 2 rings (SSSR count). The number of ether oxygens (including phenoxy) is 1. The molecule has 0 aromatic carbocycles. The molecule has 2 aromatic heterocycles. The molecule has 6 N–H and O–H groups in total. The van der Waals surface area contributed by atoms with Crippen LogP contribution >= 0.6 is 22.7 Å². The molecule has 0 unspecified atom stereocenters. The van der Waals surface area contributed by atoms with Crippen LogP contribution in [0.25, 0.3) is 0 Å². The van der Waals surface area contributed by atoms with Gasteiger partial charge in [0.2, 0.25) is 0 Å². The van der Waals surface area contributed by atoms with Gasteiger partial charge in [0.25, 0.3) is 0 Å². The lowest BCUT2D eigenvalue weighted by molar-refractivity contribution is 0.0393. The Bertz CT molecular complexity index is 1190. The van der Waals surface area contributed by atoms with E-state index in [0.717, 1.165) is 0 Å². The molecular weight excluding hydrogens is 496 g/mol. The Morgan fingerprint density at radius 1 is 0.424 bits per heavy atom. The Morgan fingerprint density at radius 3 is 0.879 bits per heavy atom. The van der Waals surface area contributed by atoms with E-state index in [1.165, 1.54) is 0 Å². The second-order valence-corrected chi connectivity index (χ2v) is 7.57. The van der Waals surface area contributed by atoms with E-state index in [1.807, 2.05) is 0 Å².